The average molecular weight is 337 g/mol. The Morgan fingerprint density at radius 3 is 2.68 bits per heavy atom. The highest BCUT2D eigenvalue weighted by molar-refractivity contribution is 5.73. The average Bonchev–Trinajstić information content (AvgIpc) is 3.14. The third-order valence-corrected chi connectivity index (χ3v) is 4.69. The normalized spacial score (nSPS) is 14.7. The van der Waals surface area contributed by atoms with Crippen molar-refractivity contribution in [2.24, 2.45) is 0 Å². The molecule has 0 aliphatic carbocycles. The predicted molar refractivity (Wildman–Crippen MR) is 97.1 cm³/mol. The summed E-state index contributed by atoms with van der Waals surface area (Å²) in [6, 6.07) is 14.0. The van der Waals surface area contributed by atoms with Crippen molar-refractivity contribution < 1.29 is 9.50 Å². The Bertz CT molecular complexity index is 884. The van der Waals surface area contributed by atoms with Gasteiger partial charge in [-0.15, -0.1) is 0 Å². The van der Waals surface area contributed by atoms with Crippen LogP contribution in [0.1, 0.15) is 19.3 Å². The second kappa shape index (κ2) is 6.59. The second-order valence-electron chi connectivity index (χ2n) is 6.43. The number of H-pyrrole nitrogens is 1. The van der Waals surface area contributed by atoms with E-state index in [2.05, 4.69) is 27.2 Å². The maximum Gasteiger partial charge on any atom is 0.125 e. The van der Waals surface area contributed by atoms with E-state index in [-0.39, 0.29) is 5.75 Å². The van der Waals surface area contributed by atoms with Gasteiger partial charge in [0.2, 0.25) is 0 Å². The topological polar surface area (TPSA) is 52.1 Å². The van der Waals surface area contributed by atoms with Crippen molar-refractivity contribution in [2.75, 3.05) is 18.0 Å². The van der Waals surface area contributed by atoms with Gasteiger partial charge < -0.3 is 10.0 Å². The van der Waals surface area contributed by atoms with E-state index in [0.29, 0.717) is 11.3 Å². The number of aromatic nitrogens is 2. The van der Waals surface area contributed by atoms with Gasteiger partial charge in [0, 0.05) is 29.9 Å². The highest BCUT2D eigenvalue weighted by Gasteiger charge is 2.14. The Morgan fingerprint density at radius 2 is 1.84 bits per heavy atom. The first-order valence-corrected chi connectivity index (χ1v) is 8.60. The van der Waals surface area contributed by atoms with E-state index in [9.17, 15) is 9.50 Å². The van der Waals surface area contributed by atoms with Crippen LogP contribution in [0.2, 0.25) is 0 Å². The molecular formula is C20H20FN3O. The van der Waals surface area contributed by atoms with Crippen LogP contribution in [0.5, 0.6) is 5.75 Å². The highest BCUT2D eigenvalue weighted by Crippen LogP contribution is 2.32. The van der Waals surface area contributed by atoms with Crippen molar-refractivity contribution in [1.82, 2.24) is 10.2 Å². The van der Waals surface area contributed by atoms with Crippen LogP contribution < -0.4 is 4.90 Å². The second-order valence-corrected chi connectivity index (χ2v) is 6.43. The largest absolute Gasteiger partial charge is 0.507 e. The lowest BCUT2D eigenvalue weighted by Crippen LogP contribution is -2.29. The number of aromatic amines is 1. The van der Waals surface area contributed by atoms with Gasteiger partial charge in [-0.1, -0.05) is 12.1 Å². The number of anilines is 1. The van der Waals surface area contributed by atoms with Gasteiger partial charge >= 0.3 is 0 Å². The number of halogens is 1. The molecule has 0 saturated carbocycles. The molecule has 2 aromatic carbocycles. The lowest BCUT2D eigenvalue weighted by Gasteiger charge is -2.29. The summed E-state index contributed by atoms with van der Waals surface area (Å²) in [6.07, 6.45) is 3.77. The van der Waals surface area contributed by atoms with Crippen LogP contribution >= 0.6 is 0 Å². The van der Waals surface area contributed by atoms with Crippen LogP contribution in [0.15, 0.2) is 48.5 Å². The van der Waals surface area contributed by atoms with Crippen molar-refractivity contribution in [1.29, 1.82) is 0 Å². The minimum absolute atomic E-state index is 0.0265. The molecule has 2 heterocycles. The van der Waals surface area contributed by atoms with Gasteiger partial charge in [-0.25, -0.2) is 4.39 Å². The Labute approximate surface area is 145 Å². The Balaban J connectivity index is 1.65. The quantitative estimate of drug-likeness (QED) is 0.735. The van der Waals surface area contributed by atoms with Gasteiger partial charge in [0.1, 0.15) is 11.6 Å². The molecule has 0 spiro atoms. The fraction of sp³-hybridized carbons (Fsp3) is 0.250. The molecule has 1 saturated heterocycles. The molecule has 4 rings (SSSR count). The number of rotatable bonds is 3. The van der Waals surface area contributed by atoms with Crippen LogP contribution in [0, 0.1) is 5.82 Å². The molecule has 0 amide bonds. The first-order chi connectivity index (χ1) is 12.2. The van der Waals surface area contributed by atoms with Gasteiger partial charge in [-0.2, -0.15) is 5.10 Å². The van der Waals surface area contributed by atoms with Crippen molar-refractivity contribution >= 4 is 5.69 Å². The zero-order chi connectivity index (χ0) is 17.2. The SMILES string of the molecule is Oc1ccc(F)cc1-c1cc(-c2cccc(N3CCCCC3)c2)n[nH]1. The molecular weight excluding hydrogens is 317 g/mol. The minimum atomic E-state index is -0.393. The molecule has 1 aliphatic rings. The van der Waals surface area contributed by atoms with Gasteiger partial charge in [0.25, 0.3) is 0 Å². The lowest BCUT2D eigenvalue weighted by molar-refractivity contribution is 0.475. The fourth-order valence-electron chi connectivity index (χ4n) is 3.35. The summed E-state index contributed by atoms with van der Waals surface area (Å²) < 4.78 is 13.5. The fourth-order valence-corrected chi connectivity index (χ4v) is 3.35. The molecule has 0 radical (unpaired) electrons. The van der Waals surface area contributed by atoms with E-state index < -0.39 is 5.82 Å². The molecule has 0 atom stereocenters. The van der Waals surface area contributed by atoms with E-state index in [1.54, 1.807) is 0 Å². The maximum absolute atomic E-state index is 13.5. The van der Waals surface area contributed by atoms with Gasteiger partial charge in [-0.05, 0) is 55.7 Å². The molecule has 0 unspecified atom stereocenters. The number of hydrogen-bond acceptors (Lipinski definition) is 3. The molecule has 128 valence electrons. The number of nitrogens with zero attached hydrogens (tertiary/aromatic N) is 2. The van der Waals surface area contributed by atoms with E-state index >= 15 is 0 Å². The summed E-state index contributed by atoms with van der Waals surface area (Å²) >= 11 is 0. The standard InChI is InChI=1S/C20H20FN3O/c21-15-7-8-20(25)17(12-15)19-13-18(22-23-19)14-5-4-6-16(11-14)24-9-2-1-3-10-24/h4-8,11-13,25H,1-3,9-10H2,(H,22,23). The number of hydrogen-bond donors (Lipinski definition) is 2. The van der Waals surface area contributed by atoms with Crippen LogP contribution in [0.25, 0.3) is 22.5 Å². The number of nitrogens with one attached hydrogen (secondary N) is 1. The summed E-state index contributed by atoms with van der Waals surface area (Å²) in [5.41, 5.74) is 3.98. The van der Waals surface area contributed by atoms with Crippen LogP contribution in [0.4, 0.5) is 10.1 Å². The number of phenolic OH excluding ortho intramolecular Hbond substituents is 1. The summed E-state index contributed by atoms with van der Waals surface area (Å²) in [4.78, 5) is 2.40. The van der Waals surface area contributed by atoms with Crippen molar-refractivity contribution in [3.05, 3.63) is 54.3 Å². The zero-order valence-corrected chi connectivity index (χ0v) is 13.9. The third kappa shape index (κ3) is 3.22. The van der Waals surface area contributed by atoms with E-state index in [1.807, 2.05) is 18.2 Å². The molecule has 0 bridgehead atoms. The molecule has 1 aliphatic heterocycles. The molecule has 3 aromatic rings. The smallest absolute Gasteiger partial charge is 0.125 e. The van der Waals surface area contributed by atoms with E-state index in [1.165, 1.54) is 43.1 Å². The molecule has 4 nitrogen and oxygen atoms in total. The van der Waals surface area contributed by atoms with Crippen molar-refractivity contribution in [3.63, 3.8) is 0 Å². The summed E-state index contributed by atoms with van der Waals surface area (Å²) in [5.74, 6) is -0.366. The highest BCUT2D eigenvalue weighted by atomic mass is 19.1. The van der Waals surface area contributed by atoms with Gasteiger partial charge in [0.15, 0.2) is 0 Å². The molecule has 5 heteroatoms. The summed E-state index contributed by atoms with van der Waals surface area (Å²) in [5, 5.41) is 17.2. The maximum atomic E-state index is 13.5. The monoisotopic (exact) mass is 337 g/mol. The Hall–Kier alpha value is -2.82. The van der Waals surface area contributed by atoms with Gasteiger partial charge in [0.05, 0.1) is 11.4 Å². The van der Waals surface area contributed by atoms with Crippen molar-refractivity contribution in [2.45, 2.75) is 19.3 Å². The predicted octanol–water partition coefficient (Wildman–Crippen LogP) is 4.58. The Kier molecular flexibility index (Phi) is 4.14. The van der Waals surface area contributed by atoms with Crippen LogP contribution in [0.3, 0.4) is 0 Å². The molecule has 1 fully saturated rings. The van der Waals surface area contributed by atoms with Crippen LogP contribution in [-0.4, -0.2) is 28.4 Å². The molecule has 1 aromatic heterocycles. The number of aromatic hydroxyl groups is 1. The van der Waals surface area contributed by atoms with E-state index in [0.717, 1.165) is 24.3 Å². The van der Waals surface area contributed by atoms with Crippen LogP contribution in [-0.2, 0) is 0 Å². The van der Waals surface area contributed by atoms with Gasteiger partial charge in [-0.3, -0.25) is 5.10 Å². The zero-order valence-electron chi connectivity index (χ0n) is 13.9. The number of phenols is 1. The Morgan fingerprint density at radius 1 is 1.00 bits per heavy atom. The lowest BCUT2D eigenvalue weighted by atomic mass is 10.1. The summed E-state index contributed by atoms with van der Waals surface area (Å²) in [6.45, 7) is 2.18. The first kappa shape index (κ1) is 15.7. The molecule has 25 heavy (non-hydrogen) atoms. The third-order valence-electron chi connectivity index (χ3n) is 4.69. The number of piperidine rings is 1. The first-order valence-electron chi connectivity index (χ1n) is 8.60. The molecule has 2 N–H and O–H groups in total. The number of benzene rings is 2. The minimum Gasteiger partial charge on any atom is -0.507 e. The van der Waals surface area contributed by atoms with E-state index in [4.69, 9.17) is 0 Å². The summed E-state index contributed by atoms with van der Waals surface area (Å²) in [7, 11) is 0. The van der Waals surface area contributed by atoms with Crippen molar-refractivity contribution in [3.8, 4) is 28.3 Å².